The molecule has 0 radical (unpaired) electrons. The van der Waals surface area contributed by atoms with Crippen LogP contribution in [0.15, 0.2) is 28.4 Å². The third-order valence-corrected chi connectivity index (χ3v) is 4.88. The van der Waals surface area contributed by atoms with Gasteiger partial charge >= 0.3 is 5.97 Å². The molecule has 2 aromatic rings. The summed E-state index contributed by atoms with van der Waals surface area (Å²) >= 11 is 1.09. The van der Waals surface area contributed by atoms with Crippen molar-refractivity contribution >= 4 is 45.5 Å². The Labute approximate surface area is 173 Å². The Morgan fingerprint density at radius 3 is 2.76 bits per heavy atom. The quantitative estimate of drug-likeness (QED) is 0.513. The monoisotopic (exact) mass is 414 g/mol. The fraction of sp³-hybridized carbons (Fsp3) is 0.368. The van der Waals surface area contributed by atoms with Gasteiger partial charge in [0.1, 0.15) is 17.3 Å². The number of hydrogen-bond acceptors (Lipinski definition) is 9. The van der Waals surface area contributed by atoms with Gasteiger partial charge in [0.15, 0.2) is 5.00 Å². The maximum Gasteiger partial charge on any atom is 0.307 e. The molecule has 10 heteroatoms. The fourth-order valence-corrected chi connectivity index (χ4v) is 3.23. The summed E-state index contributed by atoms with van der Waals surface area (Å²) in [5, 5.41) is 20.7. The van der Waals surface area contributed by atoms with Crippen LogP contribution in [-0.2, 0) is 14.3 Å². The first-order valence-corrected chi connectivity index (χ1v) is 9.68. The summed E-state index contributed by atoms with van der Waals surface area (Å²) in [7, 11) is 1.36. The fourth-order valence-electron chi connectivity index (χ4n) is 2.55. The summed E-state index contributed by atoms with van der Waals surface area (Å²) in [5.74, 6) is -0.535. The van der Waals surface area contributed by atoms with E-state index in [0.717, 1.165) is 17.2 Å². The molecule has 1 N–H and O–H groups in total. The van der Waals surface area contributed by atoms with Crippen molar-refractivity contribution in [3.05, 3.63) is 29.5 Å². The van der Waals surface area contributed by atoms with Crippen LogP contribution in [0.25, 0.3) is 0 Å². The van der Waals surface area contributed by atoms with E-state index < -0.39 is 0 Å². The molecule has 0 fully saturated rings. The average Bonchev–Trinajstić information content (AvgIpc) is 3.06. The SMILES string of the molecule is CCN(CCC(=O)OC)c1ccc(N=Nc2snc(C)c2C#N)c(NC(C)=O)c1. The zero-order valence-electron chi connectivity index (χ0n) is 16.7. The molecule has 0 aliphatic rings. The van der Waals surface area contributed by atoms with E-state index in [1.165, 1.54) is 14.0 Å². The predicted octanol–water partition coefficient (Wildman–Crippen LogP) is 4.09. The second kappa shape index (κ2) is 10.3. The number of nitriles is 1. The molecule has 0 aliphatic heterocycles. The van der Waals surface area contributed by atoms with Gasteiger partial charge in [-0.2, -0.15) is 9.64 Å². The standard InChI is InChI=1S/C19H22N6O3S/c1-5-25(9-8-18(27)28-4)14-6-7-16(17(10-14)21-13(3)26)22-23-19-15(11-20)12(2)24-29-19/h6-7,10H,5,8-9H2,1-4H3,(H,21,26). The molecular formula is C19H22N6O3S. The number of carbonyl (C=O) groups is 2. The van der Waals surface area contributed by atoms with Gasteiger partial charge in [0.05, 0.1) is 24.9 Å². The molecule has 0 aliphatic carbocycles. The minimum atomic E-state index is -0.288. The molecule has 0 saturated carbocycles. The van der Waals surface area contributed by atoms with Crippen molar-refractivity contribution in [2.45, 2.75) is 27.2 Å². The van der Waals surface area contributed by atoms with Gasteiger partial charge in [0.25, 0.3) is 0 Å². The number of nitrogens with zero attached hydrogens (tertiary/aromatic N) is 5. The lowest BCUT2D eigenvalue weighted by atomic mass is 10.2. The second-order valence-electron chi connectivity index (χ2n) is 6.05. The van der Waals surface area contributed by atoms with Crippen LogP contribution in [0.4, 0.5) is 22.1 Å². The van der Waals surface area contributed by atoms with Gasteiger partial charge in [0.2, 0.25) is 5.91 Å². The van der Waals surface area contributed by atoms with Crippen molar-refractivity contribution in [2.24, 2.45) is 10.2 Å². The Bertz CT molecular complexity index is 963. The van der Waals surface area contributed by atoms with Crippen molar-refractivity contribution in [1.29, 1.82) is 5.26 Å². The number of esters is 1. The predicted molar refractivity (Wildman–Crippen MR) is 111 cm³/mol. The molecule has 1 aromatic heterocycles. The molecule has 9 nitrogen and oxygen atoms in total. The summed E-state index contributed by atoms with van der Waals surface area (Å²) in [4.78, 5) is 25.1. The van der Waals surface area contributed by atoms with Crippen LogP contribution in [0.1, 0.15) is 31.5 Å². The number of aryl methyl sites for hydroxylation is 1. The minimum Gasteiger partial charge on any atom is -0.469 e. The van der Waals surface area contributed by atoms with Crippen LogP contribution in [-0.4, -0.2) is 36.4 Å². The van der Waals surface area contributed by atoms with Crippen molar-refractivity contribution in [3.63, 3.8) is 0 Å². The van der Waals surface area contributed by atoms with Crippen LogP contribution in [0, 0.1) is 18.3 Å². The Kier molecular flexibility index (Phi) is 7.79. The number of ether oxygens (including phenoxy) is 1. The van der Waals surface area contributed by atoms with Crippen molar-refractivity contribution in [1.82, 2.24) is 4.37 Å². The molecule has 0 saturated heterocycles. The third-order valence-electron chi connectivity index (χ3n) is 4.06. The van der Waals surface area contributed by atoms with Crippen molar-refractivity contribution < 1.29 is 14.3 Å². The number of amides is 1. The molecule has 1 amide bonds. The lowest BCUT2D eigenvalue weighted by Gasteiger charge is -2.23. The average molecular weight is 414 g/mol. The lowest BCUT2D eigenvalue weighted by molar-refractivity contribution is -0.140. The Morgan fingerprint density at radius 2 is 2.14 bits per heavy atom. The van der Waals surface area contributed by atoms with Crippen molar-refractivity contribution in [2.75, 3.05) is 30.4 Å². The molecule has 0 unspecified atom stereocenters. The number of aromatic nitrogens is 1. The number of nitrogens with one attached hydrogen (secondary N) is 1. The number of rotatable bonds is 8. The maximum absolute atomic E-state index is 11.6. The first-order chi connectivity index (χ1) is 13.9. The highest BCUT2D eigenvalue weighted by Gasteiger charge is 2.13. The van der Waals surface area contributed by atoms with Crippen LogP contribution in [0.3, 0.4) is 0 Å². The van der Waals surface area contributed by atoms with Gasteiger partial charge in [-0.1, -0.05) is 0 Å². The molecule has 0 bridgehead atoms. The van der Waals surface area contributed by atoms with Gasteiger partial charge < -0.3 is 15.0 Å². The molecule has 2 rings (SSSR count). The van der Waals surface area contributed by atoms with E-state index in [1.54, 1.807) is 19.1 Å². The number of hydrogen-bond donors (Lipinski definition) is 1. The topological polar surface area (TPSA) is 120 Å². The van der Waals surface area contributed by atoms with E-state index in [4.69, 9.17) is 4.74 Å². The highest BCUT2D eigenvalue weighted by Crippen LogP contribution is 2.34. The molecule has 0 atom stereocenters. The number of benzene rings is 1. The van der Waals surface area contributed by atoms with Gasteiger partial charge in [-0.3, -0.25) is 9.59 Å². The number of methoxy groups -OCH3 is 1. The lowest BCUT2D eigenvalue weighted by Crippen LogP contribution is -2.26. The van der Waals surface area contributed by atoms with Gasteiger partial charge in [0, 0.05) is 25.7 Å². The van der Waals surface area contributed by atoms with Crippen LogP contribution < -0.4 is 10.2 Å². The Balaban J connectivity index is 2.33. The Hall–Kier alpha value is -3.32. The largest absolute Gasteiger partial charge is 0.469 e. The summed E-state index contributed by atoms with van der Waals surface area (Å²) in [6.07, 6.45) is 0.253. The number of azo groups is 1. The first-order valence-electron chi connectivity index (χ1n) is 8.91. The Morgan fingerprint density at radius 1 is 1.38 bits per heavy atom. The van der Waals surface area contributed by atoms with E-state index in [1.807, 2.05) is 17.9 Å². The molecular weight excluding hydrogens is 392 g/mol. The second-order valence-corrected chi connectivity index (χ2v) is 6.80. The first kappa shape index (κ1) is 22.0. The van der Waals surface area contributed by atoms with E-state index in [2.05, 4.69) is 26.0 Å². The molecule has 29 heavy (non-hydrogen) atoms. The number of anilines is 2. The van der Waals surface area contributed by atoms with Crippen LogP contribution >= 0.6 is 11.5 Å². The summed E-state index contributed by atoms with van der Waals surface area (Å²) in [6, 6.07) is 7.41. The zero-order chi connectivity index (χ0) is 21.4. The van der Waals surface area contributed by atoms with Crippen LogP contribution in [0.5, 0.6) is 0 Å². The third kappa shape index (κ3) is 5.83. The molecule has 152 valence electrons. The molecule has 1 heterocycles. The van der Waals surface area contributed by atoms with E-state index in [0.29, 0.717) is 40.7 Å². The maximum atomic E-state index is 11.6. The normalized spacial score (nSPS) is 10.6. The highest BCUT2D eigenvalue weighted by molar-refractivity contribution is 7.10. The van der Waals surface area contributed by atoms with Gasteiger partial charge in [-0.25, -0.2) is 0 Å². The molecule has 1 aromatic carbocycles. The highest BCUT2D eigenvalue weighted by atomic mass is 32.1. The summed E-state index contributed by atoms with van der Waals surface area (Å²) in [6.45, 7) is 6.26. The summed E-state index contributed by atoms with van der Waals surface area (Å²) < 4.78 is 8.81. The zero-order valence-corrected chi connectivity index (χ0v) is 17.5. The van der Waals surface area contributed by atoms with Gasteiger partial charge in [-0.15, -0.1) is 10.2 Å². The molecule has 0 spiro atoms. The van der Waals surface area contributed by atoms with Crippen LogP contribution in [0.2, 0.25) is 0 Å². The minimum absolute atomic E-state index is 0.248. The smallest absolute Gasteiger partial charge is 0.307 e. The van der Waals surface area contributed by atoms with E-state index in [-0.39, 0.29) is 18.3 Å². The van der Waals surface area contributed by atoms with E-state index >= 15 is 0 Å². The van der Waals surface area contributed by atoms with E-state index in [9.17, 15) is 14.9 Å². The number of carbonyl (C=O) groups excluding carboxylic acids is 2. The van der Waals surface area contributed by atoms with Gasteiger partial charge in [-0.05, 0) is 43.6 Å². The summed E-state index contributed by atoms with van der Waals surface area (Å²) in [5.41, 5.74) is 2.74. The van der Waals surface area contributed by atoms with Crippen molar-refractivity contribution in [3.8, 4) is 6.07 Å².